The van der Waals surface area contributed by atoms with Crippen molar-refractivity contribution in [1.82, 2.24) is 9.97 Å². The van der Waals surface area contributed by atoms with Gasteiger partial charge in [0.2, 0.25) is 0 Å². The number of aromatic nitrogens is 2. The SMILES string of the molecule is O=S([O-])Cc1nccc(Br)n1. The van der Waals surface area contributed by atoms with Crippen molar-refractivity contribution < 1.29 is 8.76 Å². The van der Waals surface area contributed by atoms with E-state index in [0.717, 1.165) is 0 Å². The van der Waals surface area contributed by atoms with Crippen LogP contribution in [0.15, 0.2) is 16.9 Å². The van der Waals surface area contributed by atoms with E-state index < -0.39 is 11.1 Å². The first-order valence-electron chi connectivity index (χ1n) is 2.72. The predicted molar refractivity (Wildman–Crippen MR) is 42.4 cm³/mol. The molecule has 1 aromatic heterocycles. The van der Waals surface area contributed by atoms with Crippen molar-refractivity contribution in [3.63, 3.8) is 0 Å². The van der Waals surface area contributed by atoms with Crippen LogP contribution < -0.4 is 0 Å². The van der Waals surface area contributed by atoms with Crippen molar-refractivity contribution in [3.8, 4) is 0 Å². The Morgan fingerprint density at radius 3 is 3.00 bits per heavy atom. The molecule has 0 spiro atoms. The lowest BCUT2D eigenvalue weighted by atomic mass is 10.6. The Labute approximate surface area is 74.5 Å². The van der Waals surface area contributed by atoms with Crippen LogP contribution in [0.2, 0.25) is 0 Å². The molecule has 11 heavy (non-hydrogen) atoms. The Kier molecular flexibility index (Phi) is 3.10. The lowest BCUT2D eigenvalue weighted by molar-refractivity contribution is 0.535. The fraction of sp³-hybridized carbons (Fsp3) is 0.200. The Morgan fingerprint density at radius 1 is 1.73 bits per heavy atom. The fourth-order valence-electron chi connectivity index (χ4n) is 0.549. The van der Waals surface area contributed by atoms with Crippen LogP contribution in [0.5, 0.6) is 0 Å². The molecule has 1 aromatic rings. The summed E-state index contributed by atoms with van der Waals surface area (Å²) in [4.78, 5) is 7.57. The molecule has 60 valence electrons. The Bertz CT molecular complexity index is 281. The molecule has 0 N–H and O–H groups in total. The molecular weight excluding hydrogens is 232 g/mol. The molecule has 4 nitrogen and oxygen atoms in total. The zero-order valence-corrected chi connectivity index (χ0v) is 7.76. The van der Waals surface area contributed by atoms with Crippen LogP contribution in [-0.4, -0.2) is 18.7 Å². The minimum atomic E-state index is -2.12. The molecule has 0 aromatic carbocycles. The highest BCUT2D eigenvalue weighted by Gasteiger charge is 1.95. The molecule has 0 saturated carbocycles. The summed E-state index contributed by atoms with van der Waals surface area (Å²) in [5.41, 5.74) is 0. The zero-order chi connectivity index (χ0) is 8.27. The van der Waals surface area contributed by atoms with Gasteiger partial charge in [0.15, 0.2) is 0 Å². The van der Waals surface area contributed by atoms with Crippen molar-refractivity contribution in [2.24, 2.45) is 0 Å². The molecule has 0 bridgehead atoms. The van der Waals surface area contributed by atoms with Gasteiger partial charge in [-0.2, -0.15) is 0 Å². The molecule has 0 fully saturated rings. The Hall–Kier alpha value is -0.330. The van der Waals surface area contributed by atoms with Gasteiger partial charge in [0.1, 0.15) is 10.4 Å². The molecule has 1 heterocycles. The van der Waals surface area contributed by atoms with Gasteiger partial charge in [-0.15, -0.1) is 0 Å². The molecule has 0 aliphatic heterocycles. The Balaban J connectivity index is 2.79. The first-order chi connectivity index (χ1) is 5.18. The highest BCUT2D eigenvalue weighted by Crippen LogP contribution is 2.04. The molecule has 0 aliphatic carbocycles. The predicted octanol–water partition coefficient (Wildman–Crippen LogP) is 0.618. The van der Waals surface area contributed by atoms with Crippen LogP contribution in [0.25, 0.3) is 0 Å². The summed E-state index contributed by atoms with van der Waals surface area (Å²) in [5.74, 6) is 0.159. The van der Waals surface area contributed by atoms with Crippen LogP contribution in [0.4, 0.5) is 0 Å². The van der Waals surface area contributed by atoms with E-state index in [1.807, 2.05) is 0 Å². The summed E-state index contributed by atoms with van der Waals surface area (Å²) in [6.07, 6.45) is 1.50. The van der Waals surface area contributed by atoms with E-state index in [4.69, 9.17) is 0 Å². The summed E-state index contributed by atoms with van der Waals surface area (Å²) in [6.45, 7) is 0. The minimum Gasteiger partial charge on any atom is -0.772 e. The topological polar surface area (TPSA) is 65.9 Å². The van der Waals surface area contributed by atoms with Gasteiger partial charge >= 0.3 is 0 Å². The maximum absolute atomic E-state index is 10.2. The highest BCUT2D eigenvalue weighted by molar-refractivity contribution is 9.10. The largest absolute Gasteiger partial charge is 0.772 e. The van der Waals surface area contributed by atoms with E-state index in [-0.39, 0.29) is 5.75 Å². The standard InChI is InChI=1S/C5H5BrN2O2S/c6-4-1-2-7-5(8-4)3-11(9)10/h1-2H,3H2,(H,9,10)/p-1. The second-order valence-corrected chi connectivity index (χ2v) is 3.45. The first-order valence-corrected chi connectivity index (χ1v) is 4.75. The minimum absolute atomic E-state index is 0.139. The summed E-state index contributed by atoms with van der Waals surface area (Å²) in [5, 5.41) is 0. The molecule has 6 heteroatoms. The van der Waals surface area contributed by atoms with E-state index >= 15 is 0 Å². The van der Waals surface area contributed by atoms with E-state index in [2.05, 4.69) is 25.9 Å². The number of hydrogen-bond donors (Lipinski definition) is 0. The number of rotatable bonds is 2. The van der Waals surface area contributed by atoms with Gasteiger partial charge in [-0.25, -0.2) is 9.97 Å². The summed E-state index contributed by atoms with van der Waals surface area (Å²) >= 11 is 0.979. The van der Waals surface area contributed by atoms with Gasteiger partial charge in [0.05, 0.1) is 5.75 Å². The number of halogens is 1. The van der Waals surface area contributed by atoms with Crippen LogP contribution in [0.1, 0.15) is 5.82 Å². The number of hydrogen-bond acceptors (Lipinski definition) is 4. The van der Waals surface area contributed by atoms with Crippen molar-refractivity contribution in [1.29, 1.82) is 0 Å². The third-order valence-corrected chi connectivity index (χ3v) is 1.85. The van der Waals surface area contributed by atoms with Crippen LogP contribution >= 0.6 is 15.9 Å². The summed E-state index contributed by atoms with van der Waals surface area (Å²) in [7, 11) is 0. The third kappa shape index (κ3) is 3.04. The van der Waals surface area contributed by atoms with Crippen LogP contribution in [-0.2, 0) is 16.8 Å². The monoisotopic (exact) mass is 235 g/mol. The first kappa shape index (κ1) is 8.76. The molecule has 1 rings (SSSR count). The van der Waals surface area contributed by atoms with Gasteiger partial charge in [-0.05, 0) is 33.1 Å². The normalized spacial score (nSPS) is 12.9. The van der Waals surface area contributed by atoms with Gasteiger partial charge in [-0.3, -0.25) is 4.21 Å². The molecular formula is C5H4BrN2O2S-. The van der Waals surface area contributed by atoms with Crippen molar-refractivity contribution in [3.05, 3.63) is 22.7 Å². The van der Waals surface area contributed by atoms with E-state index in [0.29, 0.717) is 10.4 Å². The highest BCUT2D eigenvalue weighted by atomic mass is 79.9. The zero-order valence-electron chi connectivity index (χ0n) is 5.36. The molecule has 1 unspecified atom stereocenters. The van der Waals surface area contributed by atoms with E-state index in [9.17, 15) is 8.76 Å². The molecule has 1 atom stereocenters. The quantitative estimate of drug-likeness (QED) is 0.557. The van der Waals surface area contributed by atoms with Gasteiger partial charge < -0.3 is 4.55 Å². The van der Waals surface area contributed by atoms with Crippen LogP contribution in [0.3, 0.4) is 0 Å². The smallest absolute Gasteiger partial charge is 0.140 e. The molecule has 0 aliphatic rings. The second-order valence-electron chi connectivity index (χ2n) is 1.74. The summed E-state index contributed by atoms with van der Waals surface area (Å²) in [6, 6.07) is 1.64. The second kappa shape index (κ2) is 3.89. The molecule has 0 amide bonds. The maximum atomic E-state index is 10.2. The lowest BCUT2D eigenvalue weighted by Gasteiger charge is -2.02. The fourth-order valence-corrected chi connectivity index (χ4v) is 1.22. The Morgan fingerprint density at radius 2 is 2.45 bits per heavy atom. The van der Waals surface area contributed by atoms with Gasteiger partial charge in [-0.1, -0.05) is 0 Å². The average molecular weight is 236 g/mol. The molecule has 0 saturated heterocycles. The van der Waals surface area contributed by atoms with Crippen molar-refractivity contribution in [2.45, 2.75) is 5.75 Å². The van der Waals surface area contributed by atoms with E-state index in [1.165, 1.54) is 6.20 Å². The van der Waals surface area contributed by atoms with Gasteiger partial charge in [0, 0.05) is 6.20 Å². The van der Waals surface area contributed by atoms with Gasteiger partial charge in [0.25, 0.3) is 0 Å². The molecule has 0 radical (unpaired) electrons. The average Bonchev–Trinajstić information content (AvgIpc) is 1.85. The van der Waals surface area contributed by atoms with Crippen LogP contribution in [0, 0.1) is 0 Å². The lowest BCUT2D eigenvalue weighted by Crippen LogP contribution is -1.99. The summed E-state index contributed by atoms with van der Waals surface area (Å²) < 4.78 is 21.0. The van der Waals surface area contributed by atoms with Crippen molar-refractivity contribution >= 4 is 27.0 Å². The number of nitrogens with zero attached hydrogens (tertiary/aromatic N) is 2. The third-order valence-electron chi connectivity index (χ3n) is 0.918. The maximum Gasteiger partial charge on any atom is 0.140 e. The van der Waals surface area contributed by atoms with Crippen molar-refractivity contribution in [2.75, 3.05) is 0 Å². The van der Waals surface area contributed by atoms with E-state index in [1.54, 1.807) is 6.07 Å².